The Bertz CT molecular complexity index is 531. The van der Waals surface area contributed by atoms with Crippen LogP contribution in [0, 0.1) is 11.3 Å². The minimum absolute atomic E-state index is 0.0857. The van der Waals surface area contributed by atoms with Gasteiger partial charge in [-0.1, -0.05) is 12.1 Å². The van der Waals surface area contributed by atoms with Gasteiger partial charge in [-0.2, -0.15) is 27.3 Å². The highest BCUT2D eigenvalue weighted by Gasteiger charge is 2.26. The lowest BCUT2D eigenvalue weighted by Crippen LogP contribution is -2.40. The zero-order chi connectivity index (χ0) is 13.8. The molecule has 0 aromatic carbocycles. The maximum absolute atomic E-state index is 11.9. The van der Waals surface area contributed by atoms with E-state index in [0.717, 1.165) is 8.61 Å². The third-order valence-electron chi connectivity index (χ3n) is 2.17. The molecule has 0 amide bonds. The third-order valence-corrected chi connectivity index (χ3v) is 4.00. The van der Waals surface area contributed by atoms with Crippen LogP contribution in [0.4, 0.5) is 0 Å². The first-order valence-electron chi connectivity index (χ1n) is 5.27. The lowest BCUT2D eigenvalue weighted by Gasteiger charge is -2.21. The monoisotopic (exact) mass is 273 g/mol. The van der Waals surface area contributed by atoms with E-state index in [0.29, 0.717) is 12.3 Å². The number of nitrogens with zero attached hydrogens (tertiary/aromatic N) is 5. The van der Waals surface area contributed by atoms with E-state index in [9.17, 15) is 8.42 Å². The molecule has 0 spiro atoms. The SMILES string of the molecule is CCc1nc(CN(CC#N)S(=O)(=O)N(C)C)no1. The fourth-order valence-electron chi connectivity index (χ4n) is 1.18. The molecule has 0 atom stereocenters. The van der Waals surface area contributed by atoms with Crippen molar-refractivity contribution in [1.29, 1.82) is 5.26 Å². The minimum atomic E-state index is -3.67. The van der Waals surface area contributed by atoms with Crippen molar-refractivity contribution < 1.29 is 12.9 Å². The summed E-state index contributed by atoms with van der Waals surface area (Å²) in [5.74, 6) is 0.677. The molecule has 100 valence electrons. The zero-order valence-corrected chi connectivity index (χ0v) is 11.3. The lowest BCUT2D eigenvalue weighted by atomic mass is 10.5. The summed E-state index contributed by atoms with van der Waals surface area (Å²) >= 11 is 0. The summed E-state index contributed by atoms with van der Waals surface area (Å²) < 4.78 is 30.7. The topological polar surface area (TPSA) is 103 Å². The second-order valence-corrected chi connectivity index (χ2v) is 5.82. The molecule has 0 aliphatic heterocycles. The van der Waals surface area contributed by atoms with Crippen LogP contribution in [0.3, 0.4) is 0 Å². The largest absolute Gasteiger partial charge is 0.339 e. The second kappa shape index (κ2) is 5.90. The molecule has 0 bridgehead atoms. The number of hydrogen-bond acceptors (Lipinski definition) is 6. The summed E-state index contributed by atoms with van der Waals surface area (Å²) in [5, 5.41) is 12.3. The number of aryl methyl sites for hydroxylation is 1. The molecule has 0 N–H and O–H groups in total. The highest BCUT2D eigenvalue weighted by molar-refractivity contribution is 7.86. The highest BCUT2D eigenvalue weighted by atomic mass is 32.2. The standard InChI is InChI=1S/C9H15N5O3S/c1-4-9-11-8(12-17-9)7-14(6-5-10)18(15,16)13(2)3/h4,6-7H2,1-3H3. The van der Waals surface area contributed by atoms with Gasteiger partial charge in [-0.15, -0.1) is 0 Å². The Balaban J connectivity index is 2.91. The van der Waals surface area contributed by atoms with Gasteiger partial charge in [0, 0.05) is 20.5 Å². The highest BCUT2D eigenvalue weighted by Crippen LogP contribution is 2.09. The predicted molar refractivity (Wildman–Crippen MR) is 62.3 cm³/mol. The van der Waals surface area contributed by atoms with Crippen molar-refractivity contribution in [3.05, 3.63) is 11.7 Å². The summed E-state index contributed by atoms with van der Waals surface area (Å²) in [5.41, 5.74) is 0. The van der Waals surface area contributed by atoms with Crippen LogP contribution < -0.4 is 0 Å². The van der Waals surface area contributed by atoms with E-state index in [4.69, 9.17) is 9.78 Å². The third kappa shape index (κ3) is 3.25. The van der Waals surface area contributed by atoms with E-state index >= 15 is 0 Å². The maximum atomic E-state index is 11.9. The molecule has 0 fully saturated rings. The van der Waals surface area contributed by atoms with Gasteiger partial charge >= 0.3 is 0 Å². The van der Waals surface area contributed by atoms with Crippen molar-refractivity contribution in [2.24, 2.45) is 0 Å². The van der Waals surface area contributed by atoms with Crippen molar-refractivity contribution in [1.82, 2.24) is 18.8 Å². The minimum Gasteiger partial charge on any atom is -0.339 e. The fourth-order valence-corrected chi connectivity index (χ4v) is 2.15. The molecule has 0 radical (unpaired) electrons. The van der Waals surface area contributed by atoms with Gasteiger partial charge < -0.3 is 4.52 Å². The molecule has 0 saturated heterocycles. The quantitative estimate of drug-likeness (QED) is 0.663. The van der Waals surface area contributed by atoms with Crippen molar-refractivity contribution in [2.45, 2.75) is 19.9 Å². The molecule has 0 saturated carbocycles. The molecule has 18 heavy (non-hydrogen) atoms. The van der Waals surface area contributed by atoms with Crippen LogP contribution in [-0.2, 0) is 23.2 Å². The van der Waals surface area contributed by atoms with Crippen molar-refractivity contribution >= 4 is 10.2 Å². The molecule has 8 nitrogen and oxygen atoms in total. The van der Waals surface area contributed by atoms with Crippen molar-refractivity contribution in [2.75, 3.05) is 20.6 Å². The van der Waals surface area contributed by atoms with Crippen molar-refractivity contribution in [3.63, 3.8) is 0 Å². The smallest absolute Gasteiger partial charge is 0.282 e. The summed E-state index contributed by atoms with van der Waals surface area (Å²) in [6, 6.07) is 1.80. The van der Waals surface area contributed by atoms with Gasteiger partial charge in [0.2, 0.25) is 5.89 Å². The first kappa shape index (κ1) is 14.6. The van der Waals surface area contributed by atoms with E-state index in [-0.39, 0.29) is 18.9 Å². The van der Waals surface area contributed by atoms with Crippen LogP contribution in [0.2, 0.25) is 0 Å². The van der Waals surface area contributed by atoms with Crippen LogP contribution in [0.25, 0.3) is 0 Å². The Hall–Kier alpha value is -1.50. The van der Waals surface area contributed by atoms with E-state index in [1.165, 1.54) is 14.1 Å². The van der Waals surface area contributed by atoms with Crippen LogP contribution in [0.5, 0.6) is 0 Å². The first-order chi connectivity index (χ1) is 8.41. The Labute approximate surface area is 106 Å². The predicted octanol–water partition coefficient (Wildman–Crippen LogP) is -0.236. The number of aromatic nitrogens is 2. The molecule has 1 rings (SSSR count). The van der Waals surface area contributed by atoms with E-state index in [2.05, 4.69) is 10.1 Å². The van der Waals surface area contributed by atoms with Gasteiger partial charge in [0.25, 0.3) is 10.2 Å². The molecule has 0 unspecified atom stereocenters. The van der Waals surface area contributed by atoms with Crippen LogP contribution in [-0.4, -0.2) is 47.8 Å². The molecule has 1 aromatic rings. The lowest BCUT2D eigenvalue weighted by molar-refractivity contribution is 0.357. The maximum Gasteiger partial charge on any atom is 0.282 e. The summed E-state index contributed by atoms with van der Waals surface area (Å²) in [6.07, 6.45) is 0.575. The first-order valence-corrected chi connectivity index (χ1v) is 6.67. The molecular formula is C9H15N5O3S. The van der Waals surface area contributed by atoms with Gasteiger partial charge in [0.15, 0.2) is 5.82 Å². The van der Waals surface area contributed by atoms with Gasteiger partial charge in [0.1, 0.15) is 6.54 Å². The summed E-state index contributed by atoms with van der Waals surface area (Å²) in [6.45, 7) is 1.50. The summed E-state index contributed by atoms with van der Waals surface area (Å²) in [7, 11) is -0.882. The average Bonchev–Trinajstić information content (AvgIpc) is 2.76. The van der Waals surface area contributed by atoms with E-state index in [1.807, 2.05) is 6.92 Å². The van der Waals surface area contributed by atoms with Crippen LogP contribution >= 0.6 is 0 Å². The Morgan fingerprint density at radius 2 is 2.11 bits per heavy atom. The fraction of sp³-hybridized carbons (Fsp3) is 0.667. The molecule has 1 aromatic heterocycles. The number of nitriles is 1. The summed E-state index contributed by atoms with van der Waals surface area (Å²) in [4.78, 5) is 4.01. The van der Waals surface area contributed by atoms with Crippen molar-refractivity contribution in [3.8, 4) is 6.07 Å². The second-order valence-electron chi connectivity index (χ2n) is 3.67. The average molecular weight is 273 g/mol. The Morgan fingerprint density at radius 3 is 2.56 bits per heavy atom. The van der Waals surface area contributed by atoms with E-state index < -0.39 is 10.2 Å². The van der Waals surface area contributed by atoms with Gasteiger partial charge in [-0.3, -0.25) is 0 Å². The molecule has 9 heteroatoms. The molecule has 0 aliphatic carbocycles. The molecule has 0 aliphatic rings. The Kier molecular flexibility index (Phi) is 4.77. The van der Waals surface area contributed by atoms with E-state index in [1.54, 1.807) is 6.07 Å². The normalized spacial score (nSPS) is 12.0. The van der Waals surface area contributed by atoms with Gasteiger partial charge in [-0.25, -0.2) is 0 Å². The van der Waals surface area contributed by atoms with Gasteiger partial charge in [0.05, 0.1) is 12.6 Å². The van der Waals surface area contributed by atoms with Crippen LogP contribution in [0.15, 0.2) is 4.52 Å². The number of rotatable bonds is 6. The number of hydrogen-bond donors (Lipinski definition) is 0. The Morgan fingerprint density at radius 1 is 1.44 bits per heavy atom. The van der Waals surface area contributed by atoms with Gasteiger partial charge in [-0.05, 0) is 0 Å². The molecular weight excluding hydrogens is 258 g/mol. The molecule has 1 heterocycles. The van der Waals surface area contributed by atoms with Crippen LogP contribution in [0.1, 0.15) is 18.6 Å². The zero-order valence-electron chi connectivity index (χ0n) is 10.5.